The third kappa shape index (κ3) is 3.66. The third-order valence-electron chi connectivity index (χ3n) is 5.58. The monoisotopic (exact) mass is 387 g/mol. The van der Waals surface area contributed by atoms with E-state index in [0.717, 1.165) is 19.4 Å². The highest BCUT2D eigenvalue weighted by Gasteiger charge is 2.31. The molecule has 0 aliphatic carbocycles. The maximum atomic E-state index is 12.8. The summed E-state index contributed by atoms with van der Waals surface area (Å²) in [7, 11) is 0. The number of hydrogen-bond donors (Lipinski definition) is 0. The van der Waals surface area contributed by atoms with Crippen molar-refractivity contribution < 1.29 is 14.0 Å². The van der Waals surface area contributed by atoms with Gasteiger partial charge in [0.1, 0.15) is 0 Å². The Kier molecular flexibility index (Phi) is 5.31. The molecule has 2 aliphatic rings. The largest absolute Gasteiger partial charge is 0.459 e. The van der Waals surface area contributed by atoms with Crippen LogP contribution in [0, 0.1) is 0 Å². The van der Waals surface area contributed by atoms with Gasteiger partial charge in [-0.1, -0.05) is 6.92 Å². The predicted octanol–water partition coefficient (Wildman–Crippen LogP) is 2.63. The summed E-state index contributed by atoms with van der Waals surface area (Å²) in [6.45, 7) is 5.86. The van der Waals surface area contributed by atoms with Gasteiger partial charge in [0.05, 0.1) is 12.8 Å². The second-order valence-electron chi connectivity index (χ2n) is 7.09. The molecule has 0 saturated carbocycles. The molecule has 4 heterocycles. The van der Waals surface area contributed by atoms with Gasteiger partial charge < -0.3 is 14.2 Å². The van der Waals surface area contributed by atoms with Gasteiger partial charge in [0.2, 0.25) is 5.91 Å². The molecule has 2 aromatic rings. The molecule has 2 aliphatic heterocycles. The smallest absolute Gasteiger partial charge is 0.289 e. The zero-order valence-corrected chi connectivity index (χ0v) is 16.4. The fraction of sp³-hybridized carbons (Fsp3) is 0.500. The van der Waals surface area contributed by atoms with Crippen molar-refractivity contribution in [3.63, 3.8) is 0 Å². The summed E-state index contributed by atoms with van der Waals surface area (Å²) in [5, 5.41) is 2.16. The minimum Gasteiger partial charge on any atom is -0.459 e. The molecule has 7 heteroatoms. The molecule has 0 spiro atoms. The van der Waals surface area contributed by atoms with Crippen molar-refractivity contribution >= 4 is 23.2 Å². The molecule has 4 rings (SSSR count). The molecular weight excluding hydrogens is 362 g/mol. The highest BCUT2D eigenvalue weighted by Crippen LogP contribution is 2.35. The zero-order valence-electron chi connectivity index (χ0n) is 15.6. The number of furan rings is 1. The van der Waals surface area contributed by atoms with E-state index in [9.17, 15) is 9.59 Å². The normalized spacial score (nSPS) is 20.6. The summed E-state index contributed by atoms with van der Waals surface area (Å²) in [4.78, 5) is 32.6. The van der Waals surface area contributed by atoms with Crippen LogP contribution in [0.25, 0.3) is 0 Å². The number of amides is 2. The van der Waals surface area contributed by atoms with Gasteiger partial charge in [-0.05, 0) is 42.0 Å². The lowest BCUT2D eigenvalue weighted by Crippen LogP contribution is -2.53. The Hall–Kier alpha value is -2.12. The fourth-order valence-corrected chi connectivity index (χ4v) is 5.03. The van der Waals surface area contributed by atoms with Gasteiger partial charge in [-0.15, -0.1) is 11.3 Å². The zero-order chi connectivity index (χ0) is 18.8. The van der Waals surface area contributed by atoms with E-state index in [1.807, 2.05) is 16.2 Å². The van der Waals surface area contributed by atoms with E-state index in [1.54, 1.807) is 17.0 Å². The molecule has 0 bridgehead atoms. The Labute approximate surface area is 163 Å². The van der Waals surface area contributed by atoms with Crippen molar-refractivity contribution in [1.29, 1.82) is 0 Å². The van der Waals surface area contributed by atoms with E-state index in [2.05, 4.69) is 23.3 Å². The van der Waals surface area contributed by atoms with Gasteiger partial charge in [-0.2, -0.15) is 0 Å². The number of hydrogen-bond acceptors (Lipinski definition) is 5. The number of rotatable bonds is 4. The SMILES string of the molecule is CCC1c2ccsc2CCN1CC(=O)N1CCN(C(=O)c2ccco2)CC1. The van der Waals surface area contributed by atoms with E-state index in [-0.39, 0.29) is 11.8 Å². The van der Waals surface area contributed by atoms with Crippen LogP contribution in [0.1, 0.15) is 40.4 Å². The molecule has 27 heavy (non-hydrogen) atoms. The lowest BCUT2D eigenvalue weighted by molar-refractivity contribution is -0.134. The van der Waals surface area contributed by atoms with Crippen LogP contribution in [0.5, 0.6) is 0 Å². The summed E-state index contributed by atoms with van der Waals surface area (Å²) >= 11 is 1.83. The lowest BCUT2D eigenvalue weighted by Gasteiger charge is -2.38. The maximum absolute atomic E-state index is 12.8. The highest BCUT2D eigenvalue weighted by atomic mass is 32.1. The van der Waals surface area contributed by atoms with E-state index in [0.29, 0.717) is 44.5 Å². The summed E-state index contributed by atoms with van der Waals surface area (Å²) in [5.41, 5.74) is 1.40. The number of nitrogens with zero attached hydrogens (tertiary/aromatic N) is 3. The van der Waals surface area contributed by atoms with Crippen LogP contribution < -0.4 is 0 Å². The summed E-state index contributed by atoms with van der Waals surface area (Å²) < 4.78 is 5.19. The Morgan fingerprint density at radius 2 is 1.93 bits per heavy atom. The molecule has 2 amide bonds. The van der Waals surface area contributed by atoms with Crippen molar-refractivity contribution in [3.05, 3.63) is 46.0 Å². The van der Waals surface area contributed by atoms with E-state index in [1.165, 1.54) is 16.7 Å². The van der Waals surface area contributed by atoms with Crippen LogP contribution in [0.4, 0.5) is 0 Å². The molecule has 1 unspecified atom stereocenters. The van der Waals surface area contributed by atoms with Crippen molar-refractivity contribution in [1.82, 2.24) is 14.7 Å². The van der Waals surface area contributed by atoms with Crippen molar-refractivity contribution in [3.8, 4) is 0 Å². The van der Waals surface area contributed by atoms with Gasteiger partial charge in [0.25, 0.3) is 5.91 Å². The minimum absolute atomic E-state index is 0.0980. The number of piperazine rings is 1. The van der Waals surface area contributed by atoms with Crippen LogP contribution in [0.2, 0.25) is 0 Å². The standard InChI is InChI=1S/C20H25N3O3S/c1-2-16-15-6-13-27-18(15)5-7-23(16)14-19(24)21-8-10-22(11-9-21)20(25)17-4-3-12-26-17/h3-4,6,12-13,16H,2,5,7-11,14H2,1H3. The van der Waals surface area contributed by atoms with Gasteiger partial charge in [-0.25, -0.2) is 0 Å². The van der Waals surface area contributed by atoms with Crippen molar-refractivity contribution in [2.45, 2.75) is 25.8 Å². The van der Waals surface area contributed by atoms with Crippen molar-refractivity contribution in [2.24, 2.45) is 0 Å². The van der Waals surface area contributed by atoms with Crippen LogP contribution >= 0.6 is 11.3 Å². The Bertz CT molecular complexity index is 793. The van der Waals surface area contributed by atoms with E-state index < -0.39 is 0 Å². The van der Waals surface area contributed by atoms with Gasteiger partial charge in [-0.3, -0.25) is 14.5 Å². The molecule has 1 saturated heterocycles. The molecule has 0 N–H and O–H groups in total. The molecule has 144 valence electrons. The average Bonchev–Trinajstić information content (AvgIpc) is 3.39. The Morgan fingerprint density at radius 1 is 1.15 bits per heavy atom. The number of fused-ring (bicyclic) bond motifs is 1. The summed E-state index contributed by atoms with van der Waals surface area (Å²) in [6.07, 6.45) is 3.55. The molecule has 0 radical (unpaired) electrons. The minimum atomic E-state index is -0.0980. The predicted molar refractivity (Wildman–Crippen MR) is 104 cm³/mol. The summed E-state index contributed by atoms with van der Waals surface area (Å²) in [5.74, 6) is 0.428. The number of carbonyl (C=O) groups is 2. The maximum Gasteiger partial charge on any atom is 0.289 e. The van der Waals surface area contributed by atoms with Gasteiger partial charge in [0, 0.05) is 43.6 Å². The molecule has 1 fully saturated rings. The number of carbonyl (C=O) groups excluding carboxylic acids is 2. The Morgan fingerprint density at radius 3 is 2.63 bits per heavy atom. The van der Waals surface area contributed by atoms with Crippen molar-refractivity contribution in [2.75, 3.05) is 39.3 Å². The molecule has 0 aromatic carbocycles. The molecule has 1 atom stereocenters. The average molecular weight is 388 g/mol. The van der Waals surface area contributed by atoms with E-state index >= 15 is 0 Å². The quantitative estimate of drug-likeness (QED) is 0.809. The van der Waals surface area contributed by atoms with E-state index in [4.69, 9.17) is 4.42 Å². The molecule has 2 aromatic heterocycles. The van der Waals surface area contributed by atoms with Crippen LogP contribution in [0.15, 0.2) is 34.3 Å². The first-order valence-electron chi connectivity index (χ1n) is 9.58. The van der Waals surface area contributed by atoms with Gasteiger partial charge in [0.15, 0.2) is 5.76 Å². The summed E-state index contributed by atoms with van der Waals surface area (Å²) in [6, 6.07) is 5.95. The second-order valence-corrected chi connectivity index (χ2v) is 8.09. The van der Waals surface area contributed by atoms with Crippen LogP contribution in [-0.4, -0.2) is 65.8 Å². The lowest BCUT2D eigenvalue weighted by atomic mass is 9.98. The topological polar surface area (TPSA) is 57.0 Å². The third-order valence-corrected chi connectivity index (χ3v) is 6.58. The Balaban J connectivity index is 1.33. The molecular formula is C20H25N3O3S. The van der Waals surface area contributed by atoms with Crippen LogP contribution in [-0.2, 0) is 11.2 Å². The first-order valence-corrected chi connectivity index (χ1v) is 10.5. The highest BCUT2D eigenvalue weighted by molar-refractivity contribution is 7.10. The second kappa shape index (κ2) is 7.86. The first-order chi connectivity index (χ1) is 13.2. The van der Waals surface area contributed by atoms with Crippen LogP contribution in [0.3, 0.4) is 0 Å². The fourth-order valence-electron chi connectivity index (χ4n) is 4.10. The number of thiophene rings is 1. The molecule has 6 nitrogen and oxygen atoms in total. The first kappa shape index (κ1) is 18.3. The van der Waals surface area contributed by atoms with Gasteiger partial charge >= 0.3 is 0 Å².